The van der Waals surface area contributed by atoms with Gasteiger partial charge < -0.3 is 9.84 Å². The van der Waals surface area contributed by atoms with E-state index in [0.717, 1.165) is 12.8 Å². The summed E-state index contributed by atoms with van der Waals surface area (Å²) in [6.07, 6.45) is 4.19. The van der Waals surface area contributed by atoms with Crippen molar-refractivity contribution in [2.75, 3.05) is 6.61 Å². The third-order valence-corrected chi connectivity index (χ3v) is 5.30. The predicted molar refractivity (Wildman–Crippen MR) is 72.6 cm³/mol. The van der Waals surface area contributed by atoms with Crippen LogP contribution >= 0.6 is 23.2 Å². The van der Waals surface area contributed by atoms with E-state index in [2.05, 4.69) is 15.0 Å². The van der Waals surface area contributed by atoms with Gasteiger partial charge in [0, 0.05) is 5.92 Å². The third kappa shape index (κ3) is 1.50. The van der Waals surface area contributed by atoms with Gasteiger partial charge in [-0.05, 0) is 12.8 Å². The zero-order valence-corrected chi connectivity index (χ0v) is 11.9. The first-order chi connectivity index (χ1) is 9.65. The molecule has 2 aromatic rings. The minimum Gasteiger partial charge on any atom is -0.394 e. The lowest BCUT2D eigenvalue weighted by Crippen LogP contribution is -2.46. The fourth-order valence-electron chi connectivity index (χ4n) is 3.22. The van der Waals surface area contributed by atoms with Crippen LogP contribution in [-0.4, -0.2) is 42.2 Å². The van der Waals surface area contributed by atoms with Gasteiger partial charge in [-0.3, -0.25) is 4.57 Å². The molecular formula is C12H12Cl2N4O2. The smallest absolute Gasteiger partial charge is 0.166 e. The lowest BCUT2D eigenvalue weighted by Gasteiger charge is -2.42. The molecule has 0 radical (unpaired) electrons. The highest BCUT2D eigenvalue weighted by Crippen LogP contribution is 2.59. The SMILES string of the molecule is OC[C@H]1O[C@H](n2cnc3c(Cl)ncnc32)[C@]2(Cl)CC[C@H]12. The van der Waals surface area contributed by atoms with Crippen molar-refractivity contribution < 1.29 is 9.84 Å². The normalized spacial score (nSPS) is 36.0. The Hall–Kier alpha value is -0.950. The second-order valence-corrected chi connectivity index (χ2v) is 6.33. The number of imidazole rings is 1. The summed E-state index contributed by atoms with van der Waals surface area (Å²) in [6, 6.07) is 0. The number of hydrogen-bond donors (Lipinski definition) is 1. The molecule has 2 fully saturated rings. The molecule has 20 heavy (non-hydrogen) atoms. The summed E-state index contributed by atoms with van der Waals surface area (Å²) in [6.45, 7) is -0.0298. The maximum atomic E-state index is 9.42. The average Bonchev–Trinajstić information content (AvgIpc) is 2.93. The number of aliphatic hydroxyl groups is 1. The average molecular weight is 315 g/mol. The van der Waals surface area contributed by atoms with Gasteiger partial charge in [-0.1, -0.05) is 11.6 Å². The third-order valence-electron chi connectivity index (χ3n) is 4.36. The quantitative estimate of drug-likeness (QED) is 0.675. The van der Waals surface area contributed by atoms with E-state index < -0.39 is 11.1 Å². The number of ether oxygens (including phenoxy) is 1. The molecule has 4 atom stereocenters. The Morgan fingerprint density at radius 3 is 2.95 bits per heavy atom. The van der Waals surface area contributed by atoms with Crippen LogP contribution < -0.4 is 0 Å². The fraction of sp³-hybridized carbons (Fsp3) is 0.583. The number of aromatic nitrogens is 4. The molecule has 3 heterocycles. The lowest BCUT2D eigenvalue weighted by molar-refractivity contribution is -0.0282. The molecule has 1 N–H and O–H groups in total. The van der Waals surface area contributed by atoms with Gasteiger partial charge in [0.1, 0.15) is 11.8 Å². The van der Waals surface area contributed by atoms with Gasteiger partial charge in [-0.2, -0.15) is 0 Å². The van der Waals surface area contributed by atoms with Crippen molar-refractivity contribution in [2.24, 2.45) is 5.92 Å². The number of hydrogen-bond acceptors (Lipinski definition) is 5. The number of aliphatic hydroxyl groups excluding tert-OH is 1. The maximum Gasteiger partial charge on any atom is 0.166 e. The van der Waals surface area contributed by atoms with Crippen molar-refractivity contribution in [3.8, 4) is 0 Å². The zero-order chi connectivity index (χ0) is 13.9. The summed E-state index contributed by atoms with van der Waals surface area (Å²) in [7, 11) is 0. The van der Waals surface area contributed by atoms with E-state index in [-0.39, 0.29) is 18.6 Å². The molecule has 0 aromatic carbocycles. The van der Waals surface area contributed by atoms with Crippen LogP contribution in [0.1, 0.15) is 19.1 Å². The zero-order valence-electron chi connectivity index (χ0n) is 10.4. The fourth-order valence-corrected chi connectivity index (χ4v) is 3.92. The highest BCUT2D eigenvalue weighted by molar-refractivity contribution is 6.33. The van der Waals surface area contributed by atoms with E-state index in [1.54, 1.807) is 10.9 Å². The highest BCUT2D eigenvalue weighted by Gasteiger charge is 2.61. The maximum absolute atomic E-state index is 9.42. The standard InChI is InChI=1S/C12H12Cl2N4O2/c13-9-8-10(16-4-15-9)18(5-17-8)11-12(14)2-1-6(12)7(3-19)20-11/h4-7,11,19H,1-3H2/t6-,7-,11+,12+/m1/s1. The van der Waals surface area contributed by atoms with Crippen molar-refractivity contribution in [2.45, 2.75) is 30.0 Å². The predicted octanol–water partition coefficient (Wildman–Crippen LogP) is 1.76. The summed E-state index contributed by atoms with van der Waals surface area (Å²) in [4.78, 5) is 11.9. The number of fused-ring (bicyclic) bond motifs is 2. The molecule has 6 nitrogen and oxygen atoms in total. The van der Waals surface area contributed by atoms with Gasteiger partial charge >= 0.3 is 0 Å². The second-order valence-electron chi connectivity index (χ2n) is 5.27. The van der Waals surface area contributed by atoms with Crippen LogP contribution in [0.2, 0.25) is 5.15 Å². The lowest BCUT2D eigenvalue weighted by atomic mass is 9.71. The van der Waals surface area contributed by atoms with Crippen LogP contribution in [0.4, 0.5) is 0 Å². The molecule has 0 unspecified atom stereocenters. The van der Waals surface area contributed by atoms with E-state index in [1.165, 1.54) is 6.33 Å². The van der Waals surface area contributed by atoms with Crippen LogP contribution in [-0.2, 0) is 4.74 Å². The summed E-state index contributed by atoms with van der Waals surface area (Å²) in [5.41, 5.74) is 1.13. The minimum atomic E-state index is -0.502. The molecule has 0 bridgehead atoms. The molecule has 2 aliphatic rings. The van der Waals surface area contributed by atoms with Crippen LogP contribution in [0.3, 0.4) is 0 Å². The Balaban J connectivity index is 1.82. The monoisotopic (exact) mass is 314 g/mol. The number of nitrogens with zero attached hydrogens (tertiary/aromatic N) is 4. The van der Waals surface area contributed by atoms with Gasteiger partial charge in [-0.15, -0.1) is 11.6 Å². The highest BCUT2D eigenvalue weighted by atomic mass is 35.5. The Morgan fingerprint density at radius 2 is 2.30 bits per heavy atom. The number of halogens is 2. The molecule has 4 rings (SSSR count). The van der Waals surface area contributed by atoms with Crippen LogP contribution in [0.15, 0.2) is 12.7 Å². The number of alkyl halides is 1. The molecule has 0 spiro atoms. The van der Waals surface area contributed by atoms with Gasteiger partial charge in [0.15, 0.2) is 17.0 Å². The Labute approximate surface area is 124 Å². The first-order valence-corrected chi connectivity index (χ1v) is 7.19. The molecule has 8 heteroatoms. The van der Waals surface area contributed by atoms with Crippen LogP contribution in [0.25, 0.3) is 11.2 Å². The van der Waals surface area contributed by atoms with E-state index in [9.17, 15) is 5.11 Å². The van der Waals surface area contributed by atoms with Crippen molar-refractivity contribution in [1.29, 1.82) is 0 Å². The van der Waals surface area contributed by atoms with Gasteiger partial charge in [0.05, 0.1) is 23.9 Å². The summed E-state index contributed by atoms with van der Waals surface area (Å²) in [5, 5.41) is 9.72. The molecule has 1 saturated heterocycles. The molecule has 1 saturated carbocycles. The van der Waals surface area contributed by atoms with E-state index in [0.29, 0.717) is 16.3 Å². The first-order valence-electron chi connectivity index (χ1n) is 6.43. The van der Waals surface area contributed by atoms with Crippen molar-refractivity contribution in [3.63, 3.8) is 0 Å². The molecule has 106 valence electrons. The number of rotatable bonds is 2. The summed E-state index contributed by atoms with van der Waals surface area (Å²) >= 11 is 12.7. The van der Waals surface area contributed by atoms with E-state index in [4.69, 9.17) is 27.9 Å². The molecule has 1 aliphatic heterocycles. The Morgan fingerprint density at radius 1 is 1.45 bits per heavy atom. The van der Waals surface area contributed by atoms with Crippen molar-refractivity contribution in [3.05, 3.63) is 17.8 Å². The Kier molecular flexibility index (Phi) is 2.73. The van der Waals surface area contributed by atoms with Gasteiger partial charge in [0.2, 0.25) is 0 Å². The van der Waals surface area contributed by atoms with Crippen molar-refractivity contribution >= 4 is 34.4 Å². The van der Waals surface area contributed by atoms with Gasteiger partial charge in [-0.25, -0.2) is 15.0 Å². The van der Waals surface area contributed by atoms with Crippen molar-refractivity contribution in [1.82, 2.24) is 19.5 Å². The van der Waals surface area contributed by atoms with Gasteiger partial charge in [0.25, 0.3) is 0 Å². The van der Waals surface area contributed by atoms with Crippen LogP contribution in [0.5, 0.6) is 0 Å². The summed E-state index contributed by atoms with van der Waals surface area (Å²) < 4.78 is 7.72. The topological polar surface area (TPSA) is 73.1 Å². The molecule has 2 aromatic heterocycles. The minimum absolute atomic E-state index is 0.0298. The summed E-state index contributed by atoms with van der Waals surface area (Å²) in [5.74, 6) is 0.161. The van der Waals surface area contributed by atoms with E-state index in [1.807, 2.05) is 0 Å². The largest absolute Gasteiger partial charge is 0.394 e. The Bertz CT molecular complexity index is 679. The molecule has 1 aliphatic carbocycles. The second kappa shape index (κ2) is 4.27. The molecular weight excluding hydrogens is 303 g/mol. The van der Waals surface area contributed by atoms with Crippen LogP contribution in [0, 0.1) is 5.92 Å². The molecule has 0 amide bonds. The van der Waals surface area contributed by atoms with E-state index >= 15 is 0 Å². The first kappa shape index (κ1) is 12.8.